The normalized spacial score (nSPS) is 23.2. The molecule has 0 spiro atoms. The SMILES string of the molecule is C=C1S[C@H]2CC(=O)N2C(OCC(=O)C(C)(C)C)=C1C. The summed E-state index contributed by atoms with van der Waals surface area (Å²) in [6.07, 6.45) is 0.511. The van der Waals surface area contributed by atoms with Crippen LogP contribution < -0.4 is 0 Å². The lowest BCUT2D eigenvalue weighted by Crippen LogP contribution is -2.52. The van der Waals surface area contributed by atoms with Crippen molar-refractivity contribution in [3.05, 3.63) is 22.9 Å². The van der Waals surface area contributed by atoms with Gasteiger partial charge in [-0.2, -0.15) is 0 Å². The van der Waals surface area contributed by atoms with Gasteiger partial charge in [-0.1, -0.05) is 27.4 Å². The van der Waals surface area contributed by atoms with Crippen LogP contribution in [0.5, 0.6) is 0 Å². The van der Waals surface area contributed by atoms with Gasteiger partial charge in [0.1, 0.15) is 6.61 Å². The molecule has 2 rings (SSSR count). The molecule has 0 aromatic rings. The summed E-state index contributed by atoms with van der Waals surface area (Å²) in [4.78, 5) is 26.1. The first-order valence-electron chi connectivity index (χ1n) is 6.27. The number of fused-ring (bicyclic) bond motifs is 1. The first kappa shape index (κ1) is 14.2. The molecule has 0 aromatic heterocycles. The minimum Gasteiger partial charge on any atom is -0.470 e. The molecule has 2 aliphatic rings. The van der Waals surface area contributed by atoms with Crippen LogP contribution in [0.1, 0.15) is 34.1 Å². The van der Waals surface area contributed by atoms with Gasteiger partial charge >= 0.3 is 0 Å². The second kappa shape index (κ2) is 4.71. The summed E-state index contributed by atoms with van der Waals surface area (Å²) in [5.41, 5.74) is 0.406. The van der Waals surface area contributed by atoms with E-state index in [1.807, 2.05) is 27.7 Å². The molecule has 5 heteroatoms. The van der Waals surface area contributed by atoms with Crippen molar-refractivity contribution in [1.29, 1.82) is 0 Å². The Hall–Kier alpha value is -1.23. The molecule has 104 valence electrons. The number of thioether (sulfide) groups is 1. The molecule has 2 heterocycles. The van der Waals surface area contributed by atoms with Gasteiger partial charge < -0.3 is 4.74 Å². The van der Waals surface area contributed by atoms with Crippen molar-refractivity contribution in [2.75, 3.05) is 6.61 Å². The van der Waals surface area contributed by atoms with Gasteiger partial charge in [-0.25, -0.2) is 0 Å². The smallest absolute Gasteiger partial charge is 0.233 e. The van der Waals surface area contributed by atoms with Crippen molar-refractivity contribution in [3.8, 4) is 0 Å². The topological polar surface area (TPSA) is 46.6 Å². The molecule has 19 heavy (non-hydrogen) atoms. The van der Waals surface area contributed by atoms with Crippen LogP contribution in [0.2, 0.25) is 0 Å². The van der Waals surface area contributed by atoms with Crippen LogP contribution in [0.4, 0.5) is 0 Å². The summed E-state index contributed by atoms with van der Waals surface area (Å²) in [5, 5.41) is 0.0865. The highest BCUT2D eigenvalue weighted by atomic mass is 32.2. The predicted octanol–water partition coefficient (Wildman–Crippen LogP) is 2.67. The van der Waals surface area contributed by atoms with Crippen molar-refractivity contribution in [3.63, 3.8) is 0 Å². The number of ketones is 1. The summed E-state index contributed by atoms with van der Waals surface area (Å²) in [6.45, 7) is 11.4. The fraction of sp³-hybridized carbons (Fsp3) is 0.571. The molecular weight excluding hydrogens is 262 g/mol. The maximum absolute atomic E-state index is 11.9. The third-order valence-electron chi connectivity index (χ3n) is 3.32. The number of ether oxygens (including phenoxy) is 1. The molecule has 0 saturated carbocycles. The highest BCUT2D eigenvalue weighted by molar-refractivity contribution is 8.04. The van der Waals surface area contributed by atoms with E-state index in [2.05, 4.69) is 6.58 Å². The van der Waals surface area contributed by atoms with Gasteiger partial charge in [-0.05, 0) is 6.92 Å². The average molecular weight is 281 g/mol. The fourth-order valence-corrected chi connectivity index (χ4v) is 2.94. The number of nitrogens with zero attached hydrogens (tertiary/aromatic N) is 1. The van der Waals surface area contributed by atoms with Gasteiger partial charge in [0.15, 0.2) is 5.78 Å². The number of carbonyl (C=O) groups excluding carboxylic acids is 2. The summed E-state index contributed by atoms with van der Waals surface area (Å²) >= 11 is 1.58. The van der Waals surface area contributed by atoms with Crippen molar-refractivity contribution in [1.82, 2.24) is 4.90 Å². The largest absolute Gasteiger partial charge is 0.470 e. The van der Waals surface area contributed by atoms with Crippen LogP contribution in [0.25, 0.3) is 0 Å². The van der Waals surface area contributed by atoms with Crippen LogP contribution in [0, 0.1) is 5.41 Å². The average Bonchev–Trinajstić information content (AvgIpc) is 2.29. The van der Waals surface area contributed by atoms with Gasteiger partial charge in [0.05, 0.1) is 11.8 Å². The monoisotopic (exact) mass is 281 g/mol. The van der Waals surface area contributed by atoms with Crippen molar-refractivity contribution in [2.45, 2.75) is 39.5 Å². The molecule has 0 aromatic carbocycles. The van der Waals surface area contributed by atoms with Crippen LogP contribution in [-0.4, -0.2) is 28.6 Å². The first-order chi connectivity index (χ1) is 8.71. The Labute approximate surface area is 117 Å². The lowest BCUT2D eigenvalue weighted by molar-refractivity contribution is -0.145. The Bertz CT molecular complexity index is 487. The van der Waals surface area contributed by atoms with E-state index in [9.17, 15) is 9.59 Å². The van der Waals surface area contributed by atoms with E-state index in [1.54, 1.807) is 16.7 Å². The highest BCUT2D eigenvalue weighted by Crippen LogP contribution is 2.45. The zero-order valence-electron chi connectivity index (χ0n) is 11.8. The van der Waals surface area contributed by atoms with E-state index in [1.165, 1.54) is 0 Å². The number of carbonyl (C=O) groups is 2. The standard InChI is InChI=1S/C14H19NO3S/c1-8-9(2)19-12-6-11(17)15(12)13(8)18-7-10(16)14(3,4)5/h12H,2,6-7H2,1,3-5H3/t12-/m0/s1. The van der Waals surface area contributed by atoms with E-state index >= 15 is 0 Å². The lowest BCUT2D eigenvalue weighted by atomic mass is 9.91. The number of allylic oxidation sites excluding steroid dienone is 1. The van der Waals surface area contributed by atoms with E-state index in [-0.39, 0.29) is 23.7 Å². The lowest BCUT2D eigenvalue weighted by Gasteiger charge is -2.44. The first-order valence-corrected chi connectivity index (χ1v) is 7.14. The number of hydrogen-bond acceptors (Lipinski definition) is 4. The molecule has 0 radical (unpaired) electrons. The van der Waals surface area contributed by atoms with Gasteiger partial charge in [-0.15, -0.1) is 11.8 Å². The quantitative estimate of drug-likeness (QED) is 0.746. The molecule has 4 nitrogen and oxygen atoms in total. The Morgan fingerprint density at radius 3 is 2.68 bits per heavy atom. The number of hydrogen-bond donors (Lipinski definition) is 0. The maximum Gasteiger partial charge on any atom is 0.233 e. The molecule has 0 bridgehead atoms. The van der Waals surface area contributed by atoms with Crippen LogP contribution in [0.15, 0.2) is 22.9 Å². The Kier molecular flexibility index (Phi) is 3.51. The van der Waals surface area contributed by atoms with Crippen LogP contribution in [-0.2, 0) is 14.3 Å². The minimum absolute atomic E-state index is 0.00931. The predicted molar refractivity (Wildman–Crippen MR) is 75.1 cm³/mol. The Balaban J connectivity index is 2.13. The molecule has 2 aliphatic heterocycles. The third-order valence-corrected chi connectivity index (χ3v) is 4.56. The summed E-state index contributed by atoms with van der Waals surface area (Å²) in [6, 6.07) is 0. The Morgan fingerprint density at radius 2 is 2.16 bits per heavy atom. The van der Waals surface area contributed by atoms with Gasteiger partial charge in [0, 0.05) is 15.9 Å². The Morgan fingerprint density at radius 1 is 1.53 bits per heavy atom. The fourth-order valence-electron chi connectivity index (χ4n) is 1.81. The second-order valence-corrected chi connectivity index (χ2v) is 7.13. The van der Waals surface area contributed by atoms with Crippen molar-refractivity contribution in [2.24, 2.45) is 5.41 Å². The third kappa shape index (κ3) is 2.56. The molecule has 1 fully saturated rings. The number of β-lactam (4-membered cyclic amide) rings is 1. The van der Waals surface area contributed by atoms with Crippen molar-refractivity contribution < 1.29 is 14.3 Å². The molecule has 1 amide bonds. The molecule has 0 aliphatic carbocycles. The summed E-state index contributed by atoms with van der Waals surface area (Å²) < 4.78 is 5.62. The van der Waals surface area contributed by atoms with E-state index in [0.29, 0.717) is 12.3 Å². The molecule has 0 unspecified atom stereocenters. The van der Waals surface area contributed by atoms with Gasteiger partial charge in [0.2, 0.25) is 11.8 Å². The minimum atomic E-state index is -0.437. The summed E-state index contributed by atoms with van der Waals surface area (Å²) in [7, 11) is 0. The number of amides is 1. The van der Waals surface area contributed by atoms with E-state index < -0.39 is 5.41 Å². The van der Waals surface area contributed by atoms with E-state index in [4.69, 9.17) is 4.74 Å². The number of Topliss-reactive ketones (excluding diaryl/α,β-unsaturated/α-hetero) is 1. The van der Waals surface area contributed by atoms with Crippen LogP contribution >= 0.6 is 11.8 Å². The number of rotatable bonds is 3. The van der Waals surface area contributed by atoms with Crippen molar-refractivity contribution >= 4 is 23.5 Å². The molecule has 1 atom stereocenters. The summed E-state index contributed by atoms with van der Waals surface area (Å²) in [5.74, 6) is 0.561. The second-order valence-electron chi connectivity index (χ2n) is 5.86. The van der Waals surface area contributed by atoms with Gasteiger partial charge in [0.25, 0.3) is 0 Å². The zero-order chi connectivity index (χ0) is 14.4. The maximum atomic E-state index is 11.9. The van der Waals surface area contributed by atoms with Crippen LogP contribution in [0.3, 0.4) is 0 Å². The molecule has 1 saturated heterocycles. The van der Waals surface area contributed by atoms with E-state index in [0.717, 1.165) is 10.5 Å². The zero-order valence-corrected chi connectivity index (χ0v) is 12.6. The molecular formula is C14H19NO3S. The highest BCUT2D eigenvalue weighted by Gasteiger charge is 2.44. The van der Waals surface area contributed by atoms with Gasteiger partial charge in [-0.3, -0.25) is 14.5 Å². The molecule has 0 N–H and O–H groups in total.